The average molecular weight is 251 g/mol. The van der Waals surface area contributed by atoms with Gasteiger partial charge in [-0.2, -0.15) is 0 Å². The van der Waals surface area contributed by atoms with Crippen molar-refractivity contribution in [3.63, 3.8) is 0 Å². The minimum Gasteiger partial charge on any atom is -0.378 e. The number of aromatic amines is 1. The summed E-state index contributed by atoms with van der Waals surface area (Å²) in [5.41, 5.74) is 1.69. The van der Waals surface area contributed by atoms with E-state index in [-0.39, 0.29) is 5.56 Å². The lowest BCUT2D eigenvalue weighted by Gasteiger charge is -2.27. The Morgan fingerprint density at radius 3 is 2.72 bits per heavy atom. The quantitative estimate of drug-likeness (QED) is 0.875. The topological polar surface area (TPSA) is 58.2 Å². The predicted molar refractivity (Wildman–Crippen MR) is 71.2 cm³/mol. The van der Waals surface area contributed by atoms with E-state index in [1.54, 1.807) is 0 Å². The van der Waals surface area contributed by atoms with E-state index in [1.807, 2.05) is 6.92 Å². The number of nitrogens with zero attached hydrogens (tertiary/aromatic N) is 2. The first-order valence-corrected chi connectivity index (χ1v) is 6.65. The zero-order chi connectivity index (χ0) is 13.0. The number of hydrogen-bond acceptors (Lipinski definition) is 4. The van der Waals surface area contributed by atoms with Crippen molar-refractivity contribution >= 4 is 5.95 Å². The van der Waals surface area contributed by atoms with Crippen LogP contribution in [0.25, 0.3) is 0 Å². The molecule has 18 heavy (non-hydrogen) atoms. The Labute approximate surface area is 107 Å². The summed E-state index contributed by atoms with van der Waals surface area (Å²) in [4.78, 5) is 21.6. The molecule has 1 aliphatic heterocycles. The van der Waals surface area contributed by atoms with Crippen LogP contribution in [0.5, 0.6) is 0 Å². The van der Waals surface area contributed by atoms with Crippen LogP contribution in [-0.2, 0) is 11.2 Å². The van der Waals surface area contributed by atoms with E-state index in [4.69, 9.17) is 4.74 Å². The molecule has 0 saturated carbocycles. The summed E-state index contributed by atoms with van der Waals surface area (Å²) in [7, 11) is 0. The maximum Gasteiger partial charge on any atom is 0.255 e. The monoisotopic (exact) mass is 251 g/mol. The number of hydrogen-bond donors (Lipinski definition) is 1. The van der Waals surface area contributed by atoms with Gasteiger partial charge in [0.2, 0.25) is 5.95 Å². The smallest absolute Gasteiger partial charge is 0.255 e. The standard InChI is InChI=1S/C13H21N3O2/c1-3-4-5-11-10(2)14-13(15-12(11)17)16-6-8-18-9-7-16/h3-9H2,1-2H3,(H,14,15,17). The summed E-state index contributed by atoms with van der Waals surface area (Å²) in [6.07, 6.45) is 2.93. The van der Waals surface area contributed by atoms with Crippen LogP contribution in [-0.4, -0.2) is 36.3 Å². The zero-order valence-corrected chi connectivity index (χ0v) is 11.2. The number of H-pyrrole nitrogens is 1. The van der Waals surface area contributed by atoms with E-state index in [9.17, 15) is 4.79 Å². The lowest BCUT2D eigenvalue weighted by atomic mass is 10.1. The van der Waals surface area contributed by atoms with Gasteiger partial charge in [-0.25, -0.2) is 4.98 Å². The molecule has 0 radical (unpaired) electrons. The molecule has 1 aliphatic rings. The summed E-state index contributed by atoms with van der Waals surface area (Å²) in [6.45, 7) is 7.01. The third kappa shape index (κ3) is 2.90. The molecule has 0 aliphatic carbocycles. The average Bonchev–Trinajstić information content (AvgIpc) is 2.39. The van der Waals surface area contributed by atoms with E-state index in [0.29, 0.717) is 19.2 Å². The van der Waals surface area contributed by atoms with Gasteiger partial charge in [0.25, 0.3) is 5.56 Å². The summed E-state index contributed by atoms with van der Waals surface area (Å²) in [6, 6.07) is 0. The lowest BCUT2D eigenvalue weighted by Crippen LogP contribution is -2.38. The fraction of sp³-hybridized carbons (Fsp3) is 0.692. The molecule has 2 rings (SSSR count). The first kappa shape index (κ1) is 13.1. The largest absolute Gasteiger partial charge is 0.378 e. The number of rotatable bonds is 4. The Balaban J connectivity index is 2.21. The van der Waals surface area contributed by atoms with Crippen LogP contribution >= 0.6 is 0 Å². The molecule has 1 aromatic heterocycles. The van der Waals surface area contributed by atoms with Crippen LogP contribution in [0, 0.1) is 6.92 Å². The minimum atomic E-state index is 0.0115. The van der Waals surface area contributed by atoms with Crippen LogP contribution in [0.2, 0.25) is 0 Å². The van der Waals surface area contributed by atoms with Gasteiger partial charge in [-0.05, 0) is 19.8 Å². The van der Waals surface area contributed by atoms with Gasteiger partial charge in [-0.15, -0.1) is 0 Å². The molecule has 100 valence electrons. The molecule has 1 saturated heterocycles. The Kier molecular flexibility index (Phi) is 4.36. The number of aromatic nitrogens is 2. The van der Waals surface area contributed by atoms with E-state index in [2.05, 4.69) is 21.8 Å². The van der Waals surface area contributed by atoms with Crippen molar-refractivity contribution in [1.29, 1.82) is 0 Å². The van der Waals surface area contributed by atoms with Crippen LogP contribution < -0.4 is 10.5 Å². The van der Waals surface area contributed by atoms with E-state index >= 15 is 0 Å². The molecule has 0 atom stereocenters. The second-order valence-corrected chi connectivity index (χ2v) is 4.66. The molecule has 0 aromatic carbocycles. The van der Waals surface area contributed by atoms with Crippen molar-refractivity contribution in [1.82, 2.24) is 9.97 Å². The molecule has 1 aromatic rings. The second-order valence-electron chi connectivity index (χ2n) is 4.66. The van der Waals surface area contributed by atoms with Gasteiger partial charge in [0.1, 0.15) is 0 Å². The van der Waals surface area contributed by atoms with Crippen molar-refractivity contribution < 1.29 is 4.74 Å². The van der Waals surface area contributed by atoms with Gasteiger partial charge in [0.15, 0.2) is 0 Å². The van der Waals surface area contributed by atoms with Crippen LogP contribution in [0.4, 0.5) is 5.95 Å². The van der Waals surface area contributed by atoms with Crippen LogP contribution in [0.1, 0.15) is 31.0 Å². The maximum absolute atomic E-state index is 12.1. The lowest BCUT2D eigenvalue weighted by molar-refractivity contribution is 0.122. The van der Waals surface area contributed by atoms with Gasteiger partial charge >= 0.3 is 0 Å². The molecular weight excluding hydrogens is 230 g/mol. The number of morpholine rings is 1. The SMILES string of the molecule is CCCCc1c(C)nc(N2CCOCC2)[nH]c1=O. The fourth-order valence-electron chi connectivity index (χ4n) is 2.17. The van der Waals surface area contributed by atoms with Crippen molar-refractivity contribution in [3.05, 3.63) is 21.6 Å². The highest BCUT2D eigenvalue weighted by Gasteiger charge is 2.15. The van der Waals surface area contributed by atoms with E-state index in [1.165, 1.54) is 0 Å². The molecule has 5 nitrogen and oxygen atoms in total. The summed E-state index contributed by atoms with van der Waals surface area (Å²) in [5.74, 6) is 0.682. The number of ether oxygens (including phenoxy) is 1. The summed E-state index contributed by atoms with van der Waals surface area (Å²) in [5, 5.41) is 0. The Hall–Kier alpha value is -1.36. The van der Waals surface area contributed by atoms with Gasteiger partial charge in [-0.1, -0.05) is 13.3 Å². The van der Waals surface area contributed by atoms with Crippen molar-refractivity contribution in [3.8, 4) is 0 Å². The highest BCUT2D eigenvalue weighted by atomic mass is 16.5. The Morgan fingerprint density at radius 1 is 1.39 bits per heavy atom. The van der Waals surface area contributed by atoms with E-state index in [0.717, 1.165) is 43.6 Å². The first-order chi connectivity index (χ1) is 8.72. The molecule has 0 spiro atoms. The third-order valence-corrected chi connectivity index (χ3v) is 3.30. The number of unbranched alkanes of at least 4 members (excludes halogenated alkanes) is 1. The van der Waals surface area contributed by atoms with Crippen LogP contribution in [0.3, 0.4) is 0 Å². The van der Waals surface area contributed by atoms with Gasteiger partial charge < -0.3 is 9.64 Å². The summed E-state index contributed by atoms with van der Waals surface area (Å²) < 4.78 is 5.30. The van der Waals surface area contributed by atoms with E-state index < -0.39 is 0 Å². The molecule has 0 amide bonds. The number of aryl methyl sites for hydroxylation is 1. The van der Waals surface area contributed by atoms with Gasteiger partial charge in [0.05, 0.1) is 13.2 Å². The number of anilines is 1. The van der Waals surface area contributed by atoms with Gasteiger partial charge in [-0.3, -0.25) is 9.78 Å². The minimum absolute atomic E-state index is 0.0115. The Bertz CT molecular complexity index is 450. The van der Waals surface area contributed by atoms with Crippen molar-refractivity contribution in [2.75, 3.05) is 31.2 Å². The fourth-order valence-corrected chi connectivity index (χ4v) is 2.17. The normalized spacial score (nSPS) is 16.0. The molecular formula is C13H21N3O2. The number of nitrogens with one attached hydrogen (secondary N) is 1. The van der Waals surface area contributed by atoms with Crippen molar-refractivity contribution in [2.45, 2.75) is 33.1 Å². The Morgan fingerprint density at radius 2 is 2.11 bits per heavy atom. The highest BCUT2D eigenvalue weighted by Crippen LogP contribution is 2.11. The zero-order valence-electron chi connectivity index (χ0n) is 11.2. The molecule has 0 unspecified atom stereocenters. The molecule has 2 heterocycles. The molecule has 5 heteroatoms. The van der Waals surface area contributed by atoms with Crippen LogP contribution in [0.15, 0.2) is 4.79 Å². The van der Waals surface area contributed by atoms with Gasteiger partial charge in [0, 0.05) is 24.3 Å². The molecule has 1 fully saturated rings. The predicted octanol–water partition coefficient (Wildman–Crippen LogP) is 1.26. The summed E-state index contributed by atoms with van der Waals surface area (Å²) >= 11 is 0. The maximum atomic E-state index is 12.1. The molecule has 1 N–H and O–H groups in total. The van der Waals surface area contributed by atoms with Crippen molar-refractivity contribution in [2.24, 2.45) is 0 Å². The first-order valence-electron chi connectivity index (χ1n) is 6.65. The molecule has 0 bridgehead atoms. The highest BCUT2D eigenvalue weighted by molar-refractivity contribution is 5.33. The second kappa shape index (κ2) is 6.00. The third-order valence-electron chi connectivity index (χ3n) is 3.30.